The van der Waals surface area contributed by atoms with Crippen molar-refractivity contribution in [3.05, 3.63) is 33.9 Å². The summed E-state index contributed by atoms with van der Waals surface area (Å²) in [5.41, 5.74) is -0.374. The predicted octanol–water partition coefficient (Wildman–Crippen LogP) is 2.43. The molecule has 1 aromatic rings. The normalized spacial score (nSPS) is 16.5. The van der Waals surface area contributed by atoms with E-state index in [2.05, 4.69) is 5.32 Å². The summed E-state index contributed by atoms with van der Waals surface area (Å²) < 4.78 is 5.64. The Bertz CT molecular complexity index is 656. The third-order valence-corrected chi connectivity index (χ3v) is 3.91. The maximum atomic E-state index is 12.1. The summed E-state index contributed by atoms with van der Waals surface area (Å²) in [6.45, 7) is 3.46. The highest BCUT2D eigenvalue weighted by Gasteiger charge is 2.29. The fourth-order valence-corrected chi connectivity index (χ4v) is 2.70. The molecule has 1 N–H and O–H groups in total. The first-order chi connectivity index (χ1) is 11.6. The lowest BCUT2D eigenvalue weighted by Crippen LogP contribution is -2.45. The Morgan fingerprint density at radius 2 is 2.38 bits per heavy atom. The number of nitro groups is 1. The topological polar surface area (TPSA) is 108 Å². The van der Waals surface area contributed by atoms with Crippen LogP contribution in [0.5, 0.6) is 5.75 Å². The van der Waals surface area contributed by atoms with Gasteiger partial charge >= 0.3 is 6.03 Å². The third-order valence-electron chi connectivity index (χ3n) is 3.91. The molecule has 2 rings (SSSR count). The fourth-order valence-electron chi connectivity index (χ4n) is 2.70. The molecule has 1 heterocycles. The molecule has 0 saturated carbocycles. The predicted molar refractivity (Wildman–Crippen MR) is 86.7 cm³/mol. The largest absolute Gasteiger partial charge is 0.490 e. The molecular weight excluding hydrogens is 312 g/mol. The summed E-state index contributed by atoms with van der Waals surface area (Å²) in [4.78, 5) is 24.2. The number of carbonyl (C=O) groups excluding carboxylic acids is 1. The molecule has 1 saturated heterocycles. The number of rotatable bonds is 6. The van der Waals surface area contributed by atoms with Gasteiger partial charge in [0.15, 0.2) is 5.56 Å². The molecule has 8 heteroatoms. The average Bonchev–Trinajstić information content (AvgIpc) is 3.05. The second-order valence-electron chi connectivity index (χ2n) is 5.55. The highest BCUT2D eigenvalue weighted by atomic mass is 16.6. The zero-order valence-corrected chi connectivity index (χ0v) is 13.5. The Kier molecular flexibility index (Phi) is 5.95. The van der Waals surface area contributed by atoms with Crippen molar-refractivity contribution in [3.63, 3.8) is 0 Å². The Morgan fingerprint density at radius 1 is 1.58 bits per heavy atom. The van der Waals surface area contributed by atoms with Crippen molar-refractivity contribution in [1.82, 2.24) is 10.2 Å². The van der Waals surface area contributed by atoms with Crippen LogP contribution >= 0.6 is 0 Å². The highest BCUT2D eigenvalue weighted by Crippen LogP contribution is 2.28. The van der Waals surface area contributed by atoms with Crippen LogP contribution in [0.2, 0.25) is 0 Å². The number of carbonyl (C=O) groups is 1. The van der Waals surface area contributed by atoms with Gasteiger partial charge in [-0.1, -0.05) is 13.0 Å². The quantitative estimate of drug-likeness (QED) is 0.635. The van der Waals surface area contributed by atoms with E-state index >= 15 is 0 Å². The molecule has 0 aromatic heterocycles. The van der Waals surface area contributed by atoms with E-state index < -0.39 is 4.92 Å². The average molecular weight is 332 g/mol. The summed E-state index contributed by atoms with van der Waals surface area (Å²) in [5, 5.41) is 23.0. The summed E-state index contributed by atoms with van der Waals surface area (Å²) in [7, 11) is 0. The van der Waals surface area contributed by atoms with Crippen molar-refractivity contribution in [1.29, 1.82) is 5.26 Å². The van der Waals surface area contributed by atoms with E-state index in [0.717, 1.165) is 19.3 Å². The number of likely N-dealkylation sites (tertiary alicyclic amines) is 1. The number of nitro benzene ring substituents is 1. The minimum absolute atomic E-state index is 0.0949. The van der Waals surface area contributed by atoms with Crippen molar-refractivity contribution in [3.8, 4) is 11.8 Å². The number of nitrogens with zero attached hydrogens (tertiary/aromatic N) is 3. The molecule has 1 aromatic carbocycles. The van der Waals surface area contributed by atoms with Gasteiger partial charge in [0.05, 0.1) is 11.0 Å². The highest BCUT2D eigenvalue weighted by molar-refractivity contribution is 5.74. The third kappa shape index (κ3) is 3.93. The number of ether oxygens (including phenoxy) is 1. The van der Waals surface area contributed by atoms with Gasteiger partial charge in [-0.05, 0) is 25.3 Å². The molecule has 0 radical (unpaired) electrons. The lowest BCUT2D eigenvalue weighted by molar-refractivity contribution is -0.385. The number of amides is 2. The number of nitrogens with one attached hydrogen (secondary N) is 1. The molecule has 0 aliphatic carbocycles. The molecular formula is C16H20N4O4. The van der Waals surface area contributed by atoms with Gasteiger partial charge in [-0.25, -0.2) is 4.79 Å². The van der Waals surface area contributed by atoms with E-state index in [1.807, 2.05) is 13.0 Å². The summed E-state index contributed by atoms with van der Waals surface area (Å²) in [6, 6.07) is 5.88. The maximum absolute atomic E-state index is 12.1. The molecule has 0 bridgehead atoms. The fraction of sp³-hybridized carbons (Fsp3) is 0.500. The Morgan fingerprint density at radius 3 is 3.04 bits per heavy atom. The molecule has 0 unspecified atom stereocenters. The molecule has 2 amide bonds. The van der Waals surface area contributed by atoms with Gasteiger partial charge in [-0.2, -0.15) is 5.26 Å². The van der Waals surface area contributed by atoms with Crippen LogP contribution in [0.15, 0.2) is 18.2 Å². The molecule has 8 nitrogen and oxygen atoms in total. The zero-order valence-electron chi connectivity index (χ0n) is 13.5. The lowest BCUT2D eigenvalue weighted by Gasteiger charge is -2.25. The smallest absolute Gasteiger partial charge is 0.317 e. The van der Waals surface area contributed by atoms with Crippen LogP contribution in [0.1, 0.15) is 31.7 Å². The van der Waals surface area contributed by atoms with Crippen LogP contribution in [-0.4, -0.2) is 41.6 Å². The number of hydrogen-bond donors (Lipinski definition) is 1. The van der Waals surface area contributed by atoms with Crippen LogP contribution in [0.4, 0.5) is 10.5 Å². The first-order valence-corrected chi connectivity index (χ1v) is 7.93. The van der Waals surface area contributed by atoms with Gasteiger partial charge in [0.25, 0.3) is 5.69 Å². The standard InChI is InChI=1S/C16H20N4O4/c1-2-8-18-16(21)19-9-4-5-12(19)11-24-15-7-3-6-14(20(22)23)13(15)10-17/h3,6-7,12H,2,4-5,8-9,11H2,1H3,(H,18,21)/t12-/m1/s1. The van der Waals surface area contributed by atoms with Crippen LogP contribution in [0, 0.1) is 21.4 Å². The van der Waals surface area contributed by atoms with Gasteiger partial charge in [0, 0.05) is 19.2 Å². The summed E-state index contributed by atoms with van der Waals surface area (Å²) in [5.74, 6) is 0.174. The van der Waals surface area contributed by atoms with Crippen LogP contribution < -0.4 is 10.1 Å². The number of nitriles is 1. The van der Waals surface area contributed by atoms with Crippen LogP contribution in [0.3, 0.4) is 0 Å². The van der Waals surface area contributed by atoms with E-state index in [4.69, 9.17) is 10.00 Å². The maximum Gasteiger partial charge on any atom is 0.317 e. The van der Waals surface area contributed by atoms with E-state index in [1.165, 1.54) is 18.2 Å². The second kappa shape index (κ2) is 8.15. The van der Waals surface area contributed by atoms with E-state index in [1.54, 1.807) is 4.90 Å². The van der Waals surface area contributed by atoms with Crippen LogP contribution in [-0.2, 0) is 0 Å². The Balaban J connectivity index is 2.05. The minimum atomic E-state index is -0.606. The number of urea groups is 1. The molecule has 0 spiro atoms. The summed E-state index contributed by atoms with van der Waals surface area (Å²) in [6.07, 6.45) is 2.55. The molecule has 1 fully saturated rings. The number of benzene rings is 1. The van der Waals surface area contributed by atoms with Gasteiger partial charge in [-0.15, -0.1) is 0 Å². The van der Waals surface area contributed by atoms with Crippen molar-refractivity contribution in [2.75, 3.05) is 19.7 Å². The second-order valence-corrected chi connectivity index (χ2v) is 5.55. The van der Waals surface area contributed by atoms with E-state index in [0.29, 0.717) is 13.1 Å². The van der Waals surface area contributed by atoms with Gasteiger partial charge in [0.1, 0.15) is 18.4 Å². The van der Waals surface area contributed by atoms with E-state index in [-0.39, 0.29) is 35.7 Å². The van der Waals surface area contributed by atoms with Crippen molar-refractivity contribution < 1.29 is 14.5 Å². The van der Waals surface area contributed by atoms with Crippen molar-refractivity contribution >= 4 is 11.7 Å². The SMILES string of the molecule is CCCNC(=O)N1CCC[C@@H]1COc1cccc([N+](=O)[O-])c1C#N. The Labute approximate surface area is 140 Å². The van der Waals surface area contributed by atoms with Crippen molar-refractivity contribution in [2.45, 2.75) is 32.2 Å². The molecule has 1 aliphatic rings. The molecule has 24 heavy (non-hydrogen) atoms. The molecule has 1 atom stereocenters. The van der Waals surface area contributed by atoms with Gasteiger partial charge < -0.3 is 15.0 Å². The monoisotopic (exact) mass is 332 g/mol. The van der Waals surface area contributed by atoms with E-state index in [9.17, 15) is 14.9 Å². The Hall–Kier alpha value is -2.82. The minimum Gasteiger partial charge on any atom is -0.490 e. The summed E-state index contributed by atoms with van der Waals surface area (Å²) >= 11 is 0. The molecule has 1 aliphatic heterocycles. The van der Waals surface area contributed by atoms with Gasteiger partial charge in [0.2, 0.25) is 0 Å². The lowest BCUT2D eigenvalue weighted by atomic mass is 10.1. The van der Waals surface area contributed by atoms with Crippen LogP contribution in [0.25, 0.3) is 0 Å². The zero-order chi connectivity index (χ0) is 17.5. The first kappa shape index (κ1) is 17.5. The number of hydrogen-bond acceptors (Lipinski definition) is 5. The first-order valence-electron chi connectivity index (χ1n) is 7.93. The molecule has 128 valence electrons. The van der Waals surface area contributed by atoms with Gasteiger partial charge in [-0.3, -0.25) is 10.1 Å². The van der Waals surface area contributed by atoms with Crippen molar-refractivity contribution in [2.24, 2.45) is 0 Å².